The molecule has 6 nitrogen and oxygen atoms in total. The van der Waals surface area contributed by atoms with Gasteiger partial charge in [-0.2, -0.15) is 0 Å². The Labute approximate surface area is 170 Å². The highest BCUT2D eigenvalue weighted by molar-refractivity contribution is 9.10. The van der Waals surface area contributed by atoms with Crippen LogP contribution in [0.15, 0.2) is 33.7 Å². The first-order valence-electron chi connectivity index (χ1n) is 9.99. The number of anilines is 1. The molecule has 148 valence electrons. The van der Waals surface area contributed by atoms with Crippen molar-refractivity contribution < 1.29 is 4.79 Å². The van der Waals surface area contributed by atoms with Gasteiger partial charge in [-0.05, 0) is 60.7 Å². The van der Waals surface area contributed by atoms with Crippen LogP contribution < -0.4 is 20.9 Å². The second-order valence-electron chi connectivity index (χ2n) is 7.23. The van der Waals surface area contributed by atoms with Crippen molar-refractivity contribution in [2.75, 3.05) is 31.1 Å². The number of aliphatic imine (C=N–C) groups is 1. The second kappa shape index (κ2) is 9.97. The van der Waals surface area contributed by atoms with E-state index in [1.807, 2.05) is 6.07 Å². The van der Waals surface area contributed by atoms with E-state index < -0.39 is 0 Å². The van der Waals surface area contributed by atoms with Crippen LogP contribution in [-0.4, -0.2) is 50.1 Å². The Bertz CT molecular complexity index is 662. The number of carbonyl (C=O) groups excluding carboxylic acids is 1. The van der Waals surface area contributed by atoms with Gasteiger partial charge in [-0.1, -0.05) is 12.1 Å². The van der Waals surface area contributed by atoms with Crippen molar-refractivity contribution in [1.29, 1.82) is 0 Å². The van der Waals surface area contributed by atoms with Gasteiger partial charge in [0.15, 0.2) is 5.96 Å². The monoisotopic (exact) mass is 435 g/mol. The van der Waals surface area contributed by atoms with Crippen LogP contribution in [0.1, 0.15) is 39.0 Å². The maximum atomic E-state index is 11.7. The number of hydrogen-bond acceptors (Lipinski definition) is 3. The summed E-state index contributed by atoms with van der Waals surface area (Å²) in [6.45, 7) is 5.54. The third kappa shape index (κ3) is 6.41. The summed E-state index contributed by atoms with van der Waals surface area (Å²) in [5.74, 6) is 1.00. The molecule has 1 unspecified atom stereocenters. The van der Waals surface area contributed by atoms with E-state index in [2.05, 4.69) is 66.9 Å². The Kier molecular flexibility index (Phi) is 7.38. The minimum absolute atomic E-state index is 0.158. The number of benzene rings is 1. The lowest BCUT2D eigenvalue weighted by Crippen LogP contribution is -2.44. The van der Waals surface area contributed by atoms with Gasteiger partial charge in [0.05, 0.1) is 5.69 Å². The molecule has 1 aliphatic heterocycles. The summed E-state index contributed by atoms with van der Waals surface area (Å²) < 4.78 is 1.13. The quantitative estimate of drug-likeness (QED) is 0.333. The third-order valence-electron chi connectivity index (χ3n) is 4.84. The molecule has 2 aliphatic rings. The van der Waals surface area contributed by atoms with Crippen molar-refractivity contribution >= 4 is 33.5 Å². The molecule has 3 N–H and O–H groups in total. The zero-order valence-electron chi connectivity index (χ0n) is 16.0. The number of amides is 1. The summed E-state index contributed by atoms with van der Waals surface area (Å²) in [7, 11) is 0. The van der Waals surface area contributed by atoms with Crippen LogP contribution in [0.4, 0.5) is 5.69 Å². The van der Waals surface area contributed by atoms with Gasteiger partial charge in [0.25, 0.3) is 0 Å². The van der Waals surface area contributed by atoms with E-state index in [4.69, 9.17) is 0 Å². The minimum Gasteiger partial charge on any atom is -0.368 e. The predicted octanol–water partition coefficient (Wildman–Crippen LogP) is 2.64. The normalized spacial score (nSPS) is 19.9. The Morgan fingerprint density at radius 3 is 2.78 bits per heavy atom. The molecule has 1 saturated heterocycles. The molecule has 1 atom stereocenters. The number of hydrogen-bond donors (Lipinski definition) is 3. The molecule has 0 aromatic heterocycles. The van der Waals surface area contributed by atoms with Gasteiger partial charge in [-0.3, -0.25) is 9.79 Å². The van der Waals surface area contributed by atoms with Gasteiger partial charge in [-0.25, -0.2) is 0 Å². The van der Waals surface area contributed by atoms with E-state index in [0.717, 1.165) is 55.7 Å². The first-order valence-corrected chi connectivity index (χ1v) is 10.8. The summed E-state index contributed by atoms with van der Waals surface area (Å²) in [5.41, 5.74) is 1.24. The topological polar surface area (TPSA) is 68.8 Å². The predicted molar refractivity (Wildman–Crippen MR) is 114 cm³/mol. The largest absolute Gasteiger partial charge is 0.368 e. The fourth-order valence-electron chi connectivity index (χ4n) is 3.28. The van der Waals surface area contributed by atoms with Crippen LogP contribution in [0.25, 0.3) is 0 Å². The fraction of sp³-hybridized carbons (Fsp3) is 0.600. The van der Waals surface area contributed by atoms with Crippen molar-refractivity contribution in [3.05, 3.63) is 28.7 Å². The van der Waals surface area contributed by atoms with Gasteiger partial charge in [0, 0.05) is 49.2 Å². The molecule has 0 spiro atoms. The molecule has 3 rings (SSSR count). The van der Waals surface area contributed by atoms with E-state index in [9.17, 15) is 4.79 Å². The highest BCUT2D eigenvalue weighted by atomic mass is 79.9. The lowest BCUT2D eigenvalue weighted by Gasteiger charge is -2.21. The Morgan fingerprint density at radius 2 is 2.04 bits per heavy atom. The number of para-hydroxylation sites is 1. The van der Waals surface area contributed by atoms with Crippen molar-refractivity contribution in [2.45, 2.75) is 51.1 Å². The van der Waals surface area contributed by atoms with E-state index in [1.165, 1.54) is 5.69 Å². The second-order valence-corrected chi connectivity index (χ2v) is 8.09. The third-order valence-corrected chi connectivity index (χ3v) is 5.51. The maximum Gasteiger partial charge on any atom is 0.220 e. The van der Waals surface area contributed by atoms with Crippen molar-refractivity contribution in [1.82, 2.24) is 16.0 Å². The molecule has 27 heavy (non-hydrogen) atoms. The van der Waals surface area contributed by atoms with Crippen LogP contribution >= 0.6 is 15.9 Å². The van der Waals surface area contributed by atoms with E-state index >= 15 is 0 Å². The SMILES string of the molecule is CCNC(=NCCCC(=O)NC1CC1)NC1CCN(c2ccccc2Br)C1. The van der Waals surface area contributed by atoms with Gasteiger partial charge >= 0.3 is 0 Å². The maximum absolute atomic E-state index is 11.7. The number of carbonyl (C=O) groups is 1. The molecular weight excluding hydrogens is 406 g/mol. The Morgan fingerprint density at radius 1 is 1.22 bits per heavy atom. The summed E-state index contributed by atoms with van der Waals surface area (Å²) in [4.78, 5) is 18.8. The van der Waals surface area contributed by atoms with Crippen LogP contribution in [0.2, 0.25) is 0 Å². The Balaban J connectivity index is 1.44. The molecule has 1 aromatic carbocycles. The smallest absolute Gasteiger partial charge is 0.220 e. The van der Waals surface area contributed by atoms with Gasteiger partial charge in [-0.15, -0.1) is 0 Å². The molecule has 1 heterocycles. The molecule has 1 saturated carbocycles. The van der Waals surface area contributed by atoms with E-state index in [0.29, 0.717) is 25.0 Å². The molecule has 1 aromatic rings. The molecule has 2 fully saturated rings. The fourth-order valence-corrected chi connectivity index (χ4v) is 3.81. The zero-order chi connectivity index (χ0) is 19.1. The van der Waals surface area contributed by atoms with Crippen LogP contribution in [0.5, 0.6) is 0 Å². The van der Waals surface area contributed by atoms with E-state index in [1.54, 1.807) is 0 Å². The van der Waals surface area contributed by atoms with Crippen LogP contribution in [-0.2, 0) is 4.79 Å². The lowest BCUT2D eigenvalue weighted by atomic mass is 10.2. The van der Waals surface area contributed by atoms with Crippen molar-refractivity contribution in [2.24, 2.45) is 4.99 Å². The molecule has 1 aliphatic carbocycles. The first-order chi connectivity index (χ1) is 13.2. The highest BCUT2D eigenvalue weighted by Gasteiger charge is 2.25. The average molecular weight is 436 g/mol. The molecule has 7 heteroatoms. The average Bonchev–Trinajstić information content (AvgIpc) is 3.34. The van der Waals surface area contributed by atoms with Crippen LogP contribution in [0.3, 0.4) is 0 Å². The minimum atomic E-state index is 0.158. The Hall–Kier alpha value is -1.76. The zero-order valence-corrected chi connectivity index (χ0v) is 17.6. The number of nitrogens with zero attached hydrogens (tertiary/aromatic N) is 2. The highest BCUT2D eigenvalue weighted by Crippen LogP contribution is 2.28. The number of rotatable bonds is 8. The molecular formula is C20H30BrN5O. The van der Waals surface area contributed by atoms with E-state index in [-0.39, 0.29) is 5.91 Å². The molecule has 0 radical (unpaired) electrons. The standard InChI is InChI=1S/C20H30BrN5O/c1-2-22-20(23-12-5-8-19(27)24-15-9-10-15)25-16-11-13-26(14-16)18-7-4-3-6-17(18)21/h3-4,6-7,15-16H,2,5,8-14H2,1H3,(H,24,27)(H2,22,23,25). The number of guanidine groups is 1. The first kappa shape index (κ1) is 20.0. The van der Waals surface area contributed by atoms with Crippen LogP contribution in [0, 0.1) is 0 Å². The summed E-state index contributed by atoms with van der Waals surface area (Å²) in [6, 6.07) is 9.16. The summed E-state index contributed by atoms with van der Waals surface area (Å²) in [5, 5.41) is 9.89. The number of nitrogens with one attached hydrogen (secondary N) is 3. The van der Waals surface area contributed by atoms with Crippen molar-refractivity contribution in [3.63, 3.8) is 0 Å². The number of halogens is 1. The van der Waals surface area contributed by atoms with Gasteiger partial charge in [0.1, 0.15) is 0 Å². The summed E-state index contributed by atoms with van der Waals surface area (Å²) >= 11 is 3.64. The molecule has 1 amide bonds. The summed E-state index contributed by atoms with van der Waals surface area (Å²) in [6.07, 6.45) is 4.68. The van der Waals surface area contributed by atoms with Gasteiger partial charge < -0.3 is 20.9 Å². The lowest BCUT2D eigenvalue weighted by molar-refractivity contribution is -0.121. The molecule has 0 bridgehead atoms. The van der Waals surface area contributed by atoms with Crippen molar-refractivity contribution in [3.8, 4) is 0 Å². The van der Waals surface area contributed by atoms with Gasteiger partial charge in [0.2, 0.25) is 5.91 Å².